The predicted octanol–water partition coefficient (Wildman–Crippen LogP) is 2.44. The number of hydrogen-bond donors (Lipinski definition) is 1. The summed E-state index contributed by atoms with van der Waals surface area (Å²) >= 11 is 0. The van der Waals surface area contributed by atoms with Crippen LogP contribution in [0.5, 0.6) is 0 Å². The van der Waals surface area contributed by atoms with E-state index in [2.05, 4.69) is 19.6 Å². The summed E-state index contributed by atoms with van der Waals surface area (Å²) in [5.41, 5.74) is 10.8. The van der Waals surface area contributed by atoms with Crippen molar-refractivity contribution < 1.29 is 14.3 Å². The van der Waals surface area contributed by atoms with Gasteiger partial charge in [0, 0.05) is 40.8 Å². The number of carbonyl (C=O) groups excluding carboxylic acids is 2. The Morgan fingerprint density at radius 2 is 1.90 bits per heavy atom. The van der Waals surface area contributed by atoms with E-state index in [9.17, 15) is 9.59 Å². The Bertz CT molecular complexity index is 1160. The first-order chi connectivity index (χ1) is 14.3. The van der Waals surface area contributed by atoms with Gasteiger partial charge in [-0.2, -0.15) is 9.50 Å². The van der Waals surface area contributed by atoms with E-state index < -0.39 is 5.97 Å². The van der Waals surface area contributed by atoms with Gasteiger partial charge in [0.1, 0.15) is 0 Å². The van der Waals surface area contributed by atoms with Crippen LogP contribution in [0.2, 0.25) is 0 Å². The maximum absolute atomic E-state index is 12.6. The second kappa shape index (κ2) is 7.55. The fraction of sp³-hybridized carbons (Fsp3) is 0.476. The van der Waals surface area contributed by atoms with E-state index in [1.807, 2.05) is 33.8 Å². The van der Waals surface area contributed by atoms with Gasteiger partial charge in [0.05, 0.1) is 0 Å². The Labute approximate surface area is 174 Å². The number of Topliss-reactive ketones (excluding diaryl/α,β-unsaturated/α-hetero) is 1. The van der Waals surface area contributed by atoms with Crippen molar-refractivity contribution in [3.8, 4) is 0 Å². The van der Waals surface area contributed by atoms with Crippen LogP contribution in [-0.4, -0.2) is 42.5 Å². The molecule has 0 saturated heterocycles. The maximum Gasteiger partial charge on any atom is 0.306 e. The third-order valence-corrected chi connectivity index (χ3v) is 5.71. The zero-order valence-corrected chi connectivity index (χ0v) is 17.7. The summed E-state index contributed by atoms with van der Waals surface area (Å²) in [5, 5.41) is 4.13. The highest BCUT2D eigenvalue weighted by molar-refractivity contribution is 5.99. The monoisotopic (exact) mass is 410 g/mol. The summed E-state index contributed by atoms with van der Waals surface area (Å²) in [5.74, 6) is -0.00224. The zero-order valence-electron chi connectivity index (χ0n) is 17.7. The van der Waals surface area contributed by atoms with Crippen LogP contribution in [0, 0.1) is 27.7 Å². The number of aryl methyl sites for hydroxylation is 3. The van der Waals surface area contributed by atoms with Gasteiger partial charge >= 0.3 is 5.97 Å². The van der Waals surface area contributed by atoms with Crippen molar-refractivity contribution in [2.45, 2.75) is 59.4 Å². The van der Waals surface area contributed by atoms with Crippen molar-refractivity contribution in [1.29, 1.82) is 0 Å². The standard InChI is InChI=1S/C21H26N6O3/c1-11-9-17(13(3)26(11)15-5-6-15)18(28)10-30-19(29)8-7-16-12(2)23-21-24-20(22)25-27(21)14(16)4/h9,15H,5-8,10H2,1-4H3,(H2,22,25). The lowest BCUT2D eigenvalue weighted by atomic mass is 10.1. The van der Waals surface area contributed by atoms with E-state index in [4.69, 9.17) is 10.5 Å². The minimum atomic E-state index is -0.420. The van der Waals surface area contributed by atoms with Crippen molar-refractivity contribution in [2.24, 2.45) is 0 Å². The van der Waals surface area contributed by atoms with Crippen molar-refractivity contribution >= 4 is 23.5 Å². The van der Waals surface area contributed by atoms with Gasteiger partial charge in [-0.25, -0.2) is 4.98 Å². The molecule has 1 aliphatic rings. The van der Waals surface area contributed by atoms with E-state index >= 15 is 0 Å². The normalized spacial score (nSPS) is 13.7. The van der Waals surface area contributed by atoms with E-state index in [0.29, 0.717) is 23.8 Å². The first-order valence-corrected chi connectivity index (χ1v) is 10.1. The number of anilines is 1. The first kappa shape index (κ1) is 20.1. The lowest BCUT2D eigenvalue weighted by Gasteiger charge is -2.10. The second-order valence-electron chi connectivity index (χ2n) is 7.91. The topological polar surface area (TPSA) is 117 Å². The lowest BCUT2D eigenvalue weighted by Crippen LogP contribution is -2.16. The summed E-state index contributed by atoms with van der Waals surface area (Å²) < 4.78 is 9.04. The number of nitrogen functional groups attached to an aromatic ring is 1. The molecular formula is C21H26N6O3. The van der Waals surface area contributed by atoms with E-state index in [0.717, 1.165) is 41.2 Å². The first-order valence-electron chi connectivity index (χ1n) is 10.1. The summed E-state index contributed by atoms with van der Waals surface area (Å²) in [6, 6.07) is 2.40. The maximum atomic E-state index is 12.6. The van der Waals surface area contributed by atoms with Crippen LogP contribution in [-0.2, 0) is 16.0 Å². The van der Waals surface area contributed by atoms with Gasteiger partial charge in [-0.3, -0.25) is 9.59 Å². The molecule has 3 aromatic rings. The Balaban J connectivity index is 1.37. The molecule has 1 saturated carbocycles. The number of esters is 1. The molecule has 30 heavy (non-hydrogen) atoms. The van der Waals surface area contributed by atoms with Gasteiger partial charge in [0.15, 0.2) is 6.61 Å². The fourth-order valence-electron chi connectivity index (χ4n) is 4.06. The molecule has 3 heterocycles. The van der Waals surface area contributed by atoms with Crippen LogP contribution in [0.4, 0.5) is 5.95 Å². The summed E-state index contributed by atoms with van der Waals surface area (Å²) in [7, 11) is 0. The Kier molecular flexibility index (Phi) is 5.05. The second-order valence-corrected chi connectivity index (χ2v) is 7.91. The number of ether oxygens (including phenoxy) is 1. The van der Waals surface area contributed by atoms with Gasteiger partial charge < -0.3 is 15.0 Å². The SMILES string of the molecule is Cc1nc2nc(N)nn2c(C)c1CCC(=O)OCC(=O)c1cc(C)n(C2CC2)c1C. The van der Waals surface area contributed by atoms with Crippen LogP contribution in [0.3, 0.4) is 0 Å². The molecule has 0 aliphatic heterocycles. The Morgan fingerprint density at radius 3 is 2.60 bits per heavy atom. The van der Waals surface area contributed by atoms with Gasteiger partial charge in [-0.1, -0.05) is 0 Å². The molecule has 0 spiro atoms. The summed E-state index contributed by atoms with van der Waals surface area (Å²) in [6.45, 7) is 7.45. The molecule has 3 aromatic heterocycles. The van der Waals surface area contributed by atoms with Crippen LogP contribution in [0.1, 0.15) is 64.0 Å². The number of fused-ring (bicyclic) bond motifs is 1. The average Bonchev–Trinajstić information content (AvgIpc) is 3.37. The highest BCUT2D eigenvalue weighted by Crippen LogP contribution is 2.38. The number of hydrogen-bond acceptors (Lipinski definition) is 7. The number of aromatic nitrogens is 5. The van der Waals surface area contributed by atoms with Gasteiger partial charge in [0.2, 0.25) is 11.7 Å². The molecule has 9 nitrogen and oxygen atoms in total. The van der Waals surface area contributed by atoms with Gasteiger partial charge in [-0.15, -0.1) is 5.10 Å². The smallest absolute Gasteiger partial charge is 0.306 e. The van der Waals surface area contributed by atoms with Crippen molar-refractivity contribution in [1.82, 2.24) is 24.1 Å². The Hall–Kier alpha value is -3.23. The molecule has 0 amide bonds. The van der Waals surface area contributed by atoms with Crippen molar-refractivity contribution in [3.05, 3.63) is 40.0 Å². The third kappa shape index (κ3) is 3.67. The predicted molar refractivity (Wildman–Crippen MR) is 110 cm³/mol. The molecule has 1 aliphatic carbocycles. The minimum Gasteiger partial charge on any atom is -0.457 e. The molecule has 0 unspecified atom stereocenters. The summed E-state index contributed by atoms with van der Waals surface area (Å²) in [6.07, 6.45) is 2.89. The van der Waals surface area contributed by atoms with E-state index in [1.165, 1.54) is 0 Å². The molecule has 0 radical (unpaired) electrons. The van der Waals surface area contributed by atoms with Crippen molar-refractivity contribution in [2.75, 3.05) is 12.3 Å². The third-order valence-electron chi connectivity index (χ3n) is 5.71. The average molecular weight is 410 g/mol. The molecule has 9 heteroatoms. The number of rotatable bonds is 7. The number of nitrogens with zero attached hydrogens (tertiary/aromatic N) is 5. The zero-order chi connectivity index (χ0) is 21.6. The van der Waals surface area contributed by atoms with E-state index in [1.54, 1.807) is 4.52 Å². The van der Waals surface area contributed by atoms with Crippen LogP contribution in [0.25, 0.3) is 5.78 Å². The summed E-state index contributed by atoms with van der Waals surface area (Å²) in [4.78, 5) is 33.3. The van der Waals surface area contributed by atoms with Crippen LogP contribution in [0.15, 0.2) is 6.07 Å². The molecule has 2 N–H and O–H groups in total. The Morgan fingerprint density at radius 1 is 1.17 bits per heavy atom. The highest BCUT2D eigenvalue weighted by Gasteiger charge is 2.28. The molecule has 0 aromatic carbocycles. The fourth-order valence-corrected chi connectivity index (χ4v) is 4.06. The van der Waals surface area contributed by atoms with Crippen molar-refractivity contribution in [3.63, 3.8) is 0 Å². The number of nitrogens with two attached hydrogens (primary N) is 1. The largest absolute Gasteiger partial charge is 0.457 e. The quantitative estimate of drug-likeness (QED) is 0.469. The number of ketones is 1. The molecule has 158 valence electrons. The van der Waals surface area contributed by atoms with Crippen LogP contribution >= 0.6 is 0 Å². The molecule has 0 bridgehead atoms. The minimum absolute atomic E-state index is 0.146. The van der Waals surface area contributed by atoms with Gasteiger partial charge in [0.25, 0.3) is 5.78 Å². The van der Waals surface area contributed by atoms with E-state index in [-0.39, 0.29) is 24.8 Å². The molecule has 4 rings (SSSR count). The van der Waals surface area contributed by atoms with Crippen LogP contribution < -0.4 is 5.73 Å². The number of carbonyl (C=O) groups is 2. The lowest BCUT2D eigenvalue weighted by molar-refractivity contribution is -0.142. The highest BCUT2D eigenvalue weighted by atomic mass is 16.5. The van der Waals surface area contributed by atoms with Gasteiger partial charge in [-0.05, 0) is 58.6 Å². The molecule has 0 atom stereocenters. The molecule has 1 fully saturated rings. The molecular weight excluding hydrogens is 384 g/mol.